The fourth-order valence-electron chi connectivity index (χ4n) is 3.12. The molecule has 1 amide bonds. The van der Waals surface area contributed by atoms with Gasteiger partial charge in [-0.2, -0.15) is 0 Å². The van der Waals surface area contributed by atoms with Gasteiger partial charge >= 0.3 is 0 Å². The second-order valence-corrected chi connectivity index (χ2v) is 6.32. The van der Waals surface area contributed by atoms with Crippen LogP contribution in [0.2, 0.25) is 0 Å². The summed E-state index contributed by atoms with van der Waals surface area (Å²) in [7, 11) is 4.26. The van der Waals surface area contributed by atoms with Gasteiger partial charge in [-0.05, 0) is 26.9 Å². The summed E-state index contributed by atoms with van der Waals surface area (Å²) in [4.78, 5) is 16.9. The van der Waals surface area contributed by atoms with E-state index in [0.29, 0.717) is 12.6 Å². The second kappa shape index (κ2) is 6.20. The Morgan fingerprint density at radius 2 is 1.95 bits per heavy atom. The Hall–Kier alpha value is -0.650. The molecule has 2 rings (SSSR count). The van der Waals surface area contributed by atoms with Gasteiger partial charge in [-0.1, -0.05) is 19.3 Å². The van der Waals surface area contributed by atoms with Crippen molar-refractivity contribution in [3.8, 4) is 0 Å². The number of piperazine rings is 1. The maximum atomic E-state index is 12.3. The largest absolute Gasteiger partial charge is 0.353 e. The first-order valence-electron chi connectivity index (χ1n) is 7.47. The molecule has 0 aromatic carbocycles. The van der Waals surface area contributed by atoms with E-state index in [1.807, 2.05) is 0 Å². The molecule has 5 heteroatoms. The monoisotopic (exact) mass is 268 g/mol. The summed E-state index contributed by atoms with van der Waals surface area (Å²) in [6.45, 7) is 3.87. The van der Waals surface area contributed by atoms with Gasteiger partial charge in [0, 0.05) is 32.2 Å². The Kier molecular flexibility index (Phi) is 4.81. The van der Waals surface area contributed by atoms with Gasteiger partial charge in [0.05, 0.1) is 5.54 Å². The van der Waals surface area contributed by atoms with Gasteiger partial charge in [0.1, 0.15) is 0 Å². The molecule has 0 aromatic rings. The van der Waals surface area contributed by atoms with Gasteiger partial charge in [0.2, 0.25) is 5.91 Å². The number of rotatable bonds is 3. The molecule has 1 saturated carbocycles. The lowest BCUT2D eigenvalue weighted by molar-refractivity contribution is -0.127. The molecule has 110 valence electrons. The van der Waals surface area contributed by atoms with Crippen molar-refractivity contribution >= 4 is 5.91 Å². The molecular formula is C14H28N4O. The minimum absolute atomic E-state index is 0.0498. The van der Waals surface area contributed by atoms with Crippen LogP contribution >= 0.6 is 0 Å². The SMILES string of the molecule is CN1CCN(C)C(CNC(=O)C2(N)CCCCC2)C1. The van der Waals surface area contributed by atoms with Crippen molar-refractivity contribution in [2.45, 2.75) is 43.7 Å². The molecule has 3 N–H and O–H groups in total. The van der Waals surface area contributed by atoms with E-state index in [4.69, 9.17) is 5.73 Å². The van der Waals surface area contributed by atoms with Crippen molar-refractivity contribution in [1.29, 1.82) is 0 Å². The minimum atomic E-state index is -0.614. The van der Waals surface area contributed by atoms with Gasteiger partial charge in [-0.15, -0.1) is 0 Å². The molecule has 0 aromatic heterocycles. The van der Waals surface area contributed by atoms with E-state index in [2.05, 4.69) is 29.2 Å². The van der Waals surface area contributed by atoms with E-state index in [0.717, 1.165) is 45.3 Å². The first-order valence-corrected chi connectivity index (χ1v) is 7.47. The Morgan fingerprint density at radius 3 is 2.63 bits per heavy atom. The fraction of sp³-hybridized carbons (Fsp3) is 0.929. The van der Waals surface area contributed by atoms with Crippen LogP contribution in [0.1, 0.15) is 32.1 Å². The highest BCUT2D eigenvalue weighted by molar-refractivity contribution is 5.86. The Balaban J connectivity index is 1.82. The number of hydrogen-bond donors (Lipinski definition) is 2. The number of carbonyl (C=O) groups is 1. The van der Waals surface area contributed by atoms with Crippen LogP contribution in [0.3, 0.4) is 0 Å². The lowest BCUT2D eigenvalue weighted by atomic mass is 9.82. The van der Waals surface area contributed by atoms with E-state index >= 15 is 0 Å². The van der Waals surface area contributed by atoms with Gasteiger partial charge < -0.3 is 16.0 Å². The Morgan fingerprint density at radius 1 is 1.26 bits per heavy atom. The number of hydrogen-bond acceptors (Lipinski definition) is 4. The first-order chi connectivity index (χ1) is 9.01. The summed E-state index contributed by atoms with van der Waals surface area (Å²) in [5.41, 5.74) is 5.63. The molecule has 19 heavy (non-hydrogen) atoms. The third kappa shape index (κ3) is 3.68. The van der Waals surface area contributed by atoms with E-state index in [-0.39, 0.29) is 5.91 Å². The van der Waals surface area contributed by atoms with E-state index < -0.39 is 5.54 Å². The molecule has 0 bridgehead atoms. The van der Waals surface area contributed by atoms with Crippen LogP contribution in [-0.2, 0) is 4.79 Å². The Bertz CT molecular complexity index is 315. The average Bonchev–Trinajstić information content (AvgIpc) is 2.40. The molecule has 1 heterocycles. The molecule has 1 saturated heterocycles. The van der Waals surface area contributed by atoms with E-state index in [1.54, 1.807) is 0 Å². The third-order valence-corrected chi connectivity index (χ3v) is 4.68. The second-order valence-electron chi connectivity index (χ2n) is 6.32. The van der Waals surface area contributed by atoms with Crippen LogP contribution in [0.25, 0.3) is 0 Å². The van der Waals surface area contributed by atoms with Crippen LogP contribution < -0.4 is 11.1 Å². The lowest BCUT2D eigenvalue weighted by Crippen LogP contribution is -2.59. The molecule has 1 atom stereocenters. The van der Waals surface area contributed by atoms with Crippen molar-refractivity contribution in [2.24, 2.45) is 5.73 Å². The molecule has 1 aliphatic carbocycles. The predicted octanol–water partition coefficient (Wildman–Crippen LogP) is 0.0100. The number of nitrogens with two attached hydrogens (primary N) is 1. The highest BCUT2D eigenvalue weighted by Gasteiger charge is 2.35. The number of nitrogens with zero attached hydrogens (tertiary/aromatic N) is 2. The zero-order valence-corrected chi connectivity index (χ0v) is 12.3. The molecule has 2 fully saturated rings. The van der Waals surface area contributed by atoms with Crippen molar-refractivity contribution in [2.75, 3.05) is 40.3 Å². The molecule has 2 aliphatic rings. The topological polar surface area (TPSA) is 61.6 Å². The Labute approximate surface area is 116 Å². The maximum Gasteiger partial charge on any atom is 0.240 e. The van der Waals surface area contributed by atoms with E-state index in [1.165, 1.54) is 6.42 Å². The van der Waals surface area contributed by atoms with Crippen LogP contribution in [0.15, 0.2) is 0 Å². The van der Waals surface area contributed by atoms with Crippen molar-refractivity contribution in [3.63, 3.8) is 0 Å². The normalized spacial score (nSPS) is 29.1. The summed E-state index contributed by atoms with van der Waals surface area (Å²) in [6, 6.07) is 0.398. The van der Waals surface area contributed by atoms with Crippen LogP contribution in [0, 0.1) is 0 Å². The summed E-state index contributed by atoms with van der Waals surface area (Å²) in [5, 5.41) is 3.08. The summed E-state index contributed by atoms with van der Waals surface area (Å²) in [5.74, 6) is 0.0498. The zero-order chi connectivity index (χ0) is 13.9. The van der Waals surface area contributed by atoms with Crippen LogP contribution in [0.5, 0.6) is 0 Å². The molecule has 0 spiro atoms. The molecular weight excluding hydrogens is 240 g/mol. The predicted molar refractivity (Wildman–Crippen MR) is 76.9 cm³/mol. The highest BCUT2D eigenvalue weighted by atomic mass is 16.2. The maximum absolute atomic E-state index is 12.3. The fourth-order valence-corrected chi connectivity index (χ4v) is 3.12. The highest BCUT2D eigenvalue weighted by Crippen LogP contribution is 2.25. The summed E-state index contributed by atoms with van der Waals surface area (Å²) >= 11 is 0. The van der Waals surface area contributed by atoms with Crippen molar-refractivity contribution < 1.29 is 4.79 Å². The van der Waals surface area contributed by atoms with Crippen molar-refractivity contribution in [1.82, 2.24) is 15.1 Å². The van der Waals surface area contributed by atoms with Gasteiger partial charge in [0.15, 0.2) is 0 Å². The third-order valence-electron chi connectivity index (χ3n) is 4.68. The lowest BCUT2D eigenvalue weighted by Gasteiger charge is -2.39. The zero-order valence-electron chi connectivity index (χ0n) is 12.3. The number of amides is 1. The number of carbonyl (C=O) groups excluding carboxylic acids is 1. The quantitative estimate of drug-likeness (QED) is 0.757. The van der Waals surface area contributed by atoms with E-state index in [9.17, 15) is 4.79 Å². The van der Waals surface area contributed by atoms with Gasteiger partial charge in [0.25, 0.3) is 0 Å². The molecule has 1 aliphatic heterocycles. The molecule has 0 radical (unpaired) electrons. The van der Waals surface area contributed by atoms with Crippen LogP contribution in [-0.4, -0.2) is 67.6 Å². The van der Waals surface area contributed by atoms with Gasteiger partial charge in [-0.3, -0.25) is 9.69 Å². The summed E-state index contributed by atoms with van der Waals surface area (Å²) in [6.07, 6.45) is 5.03. The smallest absolute Gasteiger partial charge is 0.240 e. The average molecular weight is 268 g/mol. The minimum Gasteiger partial charge on any atom is -0.353 e. The first kappa shape index (κ1) is 14.8. The summed E-state index contributed by atoms with van der Waals surface area (Å²) < 4.78 is 0. The van der Waals surface area contributed by atoms with Gasteiger partial charge in [-0.25, -0.2) is 0 Å². The number of likely N-dealkylation sites (N-methyl/N-ethyl adjacent to an activating group) is 2. The number of nitrogens with one attached hydrogen (secondary N) is 1. The molecule has 5 nitrogen and oxygen atoms in total. The van der Waals surface area contributed by atoms with Crippen LogP contribution in [0.4, 0.5) is 0 Å². The molecule has 1 unspecified atom stereocenters. The standard InChI is InChI=1S/C14H28N4O/c1-17-8-9-18(2)12(11-17)10-16-13(19)14(15)6-4-3-5-7-14/h12H,3-11,15H2,1-2H3,(H,16,19). The van der Waals surface area contributed by atoms with Crippen molar-refractivity contribution in [3.05, 3.63) is 0 Å².